The van der Waals surface area contributed by atoms with E-state index in [2.05, 4.69) is 33.0 Å². The number of nitrogens with one attached hydrogen (secondary N) is 2. The van der Waals surface area contributed by atoms with Gasteiger partial charge in [0.1, 0.15) is 0 Å². The zero-order chi connectivity index (χ0) is 10.7. The van der Waals surface area contributed by atoms with Crippen LogP contribution in [0.4, 0.5) is 0 Å². The number of hydrogen-bond donors (Lipinski definition) is 3. The van der Waals surface area contributed by atoms with Crippen LogP contribution in [-0.2, 0) is 6.42 Å². The van der Waals surface area contributed by atoms with E-state index < -0.39 is 0 Å². The summed E-state index contributed by atoms with van der Waals surface area (Å²) in [7, 11) is 0. The summed E-state index contributed by atoms with van der Waals surface area (Å²) in [6, 6.07) is 0.674. The molecule has 2 heterocycles. The van der Waals surface area contributed by atoms with Gasteiger partial charge in [-0.2, -0.15) is 5.10 Å². The number of hydrogen-bond acceptors (Lipinski definition) is 6. The number of hydrazine groups is 1. The van der Waals surface area contributed by atoms with Crippen molar-refractivity contribution in [3.05, 3.63) is 17.7 Å². The molecule has 0 amide bonds. The minimum atomic E-state index is 0.215. The van der Waals surface area contributed by atoms with Crippen LogP contribution in [-0.4, -0.2) is 27.8 Å². The second kappa shape index (κ2) is 4.61. The molecule has 82 valence electrons. The Balaban J connectivity index is 2.03. The van der Waals surface area contributed by atoms with Gasteiger partial charge in [-0.3, -0.25) is 5.43 Å². The molecule has 1 saturated heterocycles. The Morgan fingerprint density at radius 2 is 2.33 bits per heavy atom. The largest absolute Gasteiger partial charge is 0.330 e. The van der Waals surface area contributed by atoms with Crippen LogP contribution in [0.25, 0.3) is 0 Å². The van der Waals surface area contributed by atoms with Gasteiger partial charge in [-0.25, -0.2) is 10.4 Å². The van der Waals surface area contributed by atoms with Crippen LogP contribution in [0.3, 0.4) is 0 Å². The predicted molar refractivity (Wildman–Crippen MR) is 55.7 cm³/mol. The fourth-order valence-corrected chi connectivity index (χ4v) is 1.62. The summed E-state index contributed by atoms with van der Waals surface area (Å²) >= 11 is 0. The van der Waals surface area contributed by atoms with Gasteiger partial charge in [0.25, 0.3) is 0 Å². The van der Waals surface area contributed by atoms with Crippen LogP contribution in [0.1, 0.15) is 30.9 Å². The number of rotatable bonds is 3. The lowest BCUT2D eigenvalue weighted by Crippen LogP contribution is -2.29. The third-order valence-electron chi connectivity index (χ3n) is 2.44. The van der Waals surface area contributed by atoms with E-state index in [9.17, 15) is 0 Å². The van der Waals surface area contributed by atoms with Crippen LogP contribution >= 0.6 is 0 Å². The fourth-order valence-electron chi connectivity index (χ4n) is 1.62. The minimum Gasteiger partial charge on any atom is -0.330 e. The summed E-state index contributed by atoms with van der Waals surface area (Å²) in [5.74, 6) is 0.709. The van der Waals surface area contributed by atoms with Crippen LogP contribution < -0.4 is 16.6 Å². The van der Waals surface area contributed by atoms with Crippen molar-refractivity contribution in [2.45, 2.75) is 31.8 Å². The van der Waals surface area contributed by atoms with Gasteiger partial charge in [-0.15, -0.1) is 5.10 Å². The quantitative estimate of drug-likeness (QED) is 0.608. The molecule has 2 rings (SSSR count). The molecular formula is C9H16N6. The predicted octanol–water partition coefficient (Wildman–Crippen LogP) is -0.700. The molecule has 4 N–H and O–H groups in total. The zero-order valence-electron chi connectivity index (χ0n) is 8.77. The van der Waals surface area contributed by atoms with E-state index in [-0.39, 0.29) is 6.04 Å². The van der Waals surface area contributed by atoms with Gasteiger partial charge in [0.05, 0.1) is 17.9 Å². The Hall–Kier alpha value is -1.11. The van der Waals surface area contributed by atoms with Gasteiger partial charge in [0.15, 0.2) is 5.82 Å². The maximum absolute atomic E-state index is 5.41. The molecule has 0 radical (unpaired) electrons. The molecule has 1 aliphatic rings. The number of nitrogens with zero attached hydrogens (tertiary/aromatic N) is 3. The van der Waals surface area contributed by atoms with Crippen LogP contribution in [0.2, 0.25) is 0 Å². The second-order valence-corrected chi connectivity index (χ2v) is 3.82. The number of nitrogens with two attached hydrogens (primary N) is 1. The van der Waals surface area contributed by atoms with Crippen molar-refractivity contribution < 1.29 is 0 Å². The van der Waals surface area contributed by atoms with Gasteiger partial charge in [0.2, 0.25) is 0 Å². The molecule has 15 heavy (non-hydrogen) atoms. The van der Waals surface area contributed by atoms with E-state index in [1.165, 1.54) is 0 Å². The molecule has 6 nitrogen and oxygen atoms in total. The molecule has 6 heteroatoms. The van der Waals surface area contributed by atoms with E-state index in [1.54, 1.807) is 6.20 Å². The zero-order valence-corrected chi connectivity index (χ0v) is 8.77. The molecular weight excluding hydrogens is 192 g/mol. The van der Waals surface area contributed by atoms with E-state index in [1.807, 2.05) is 0 Å². The van der Waals surface area contributed by atoms with Crippen molar-refractivity contribution in [1.82, 2.24) is 26.0 Å². The highest BCUT2D eigenvalue weighted by atomic mass is 15.4. The van der Waals surface area contributed by atoms with Crippen molar-refractivity contribution >= 4 is 0 Å². The van der Waals surface area contributed by atoms with Crippen molar-refractivity contribution in [2.24, 2.45) is 5.73 Å². The monoisotopic (exact) mass is 208 g/mol. The Morgan fingerprint density at radius 1 is 1.47 bits per heavy atom. The van der Waals surface area contributed by atoms with Crippen molar-refractivity contribution in [1.29, 1.82) is 0 Å². The fraction of sp³-hybridized carbons (Fsp3) is 0.667. The highest BCUT2D eigenvalue weighted by Gasteiger charge is 2.23. The molecule has 1 aromatic rings. The third-order valence-corrected chi connectivity index (χ3v) is 2.44. The first kappa shape index (κ1) is 10.4. The van der Waals surface area contributed by atoms with E-state index in [4.69, 9.17) is 5.73 Å². The molecule has 1 aliphatic heterocycles. The standard InChI is InChI=1S/C9H16N6/c1-6-4-7(13-12-6)8-5-11-9(2-3-10)15-14-8/h5-7,12-13H,2-4,10H2,1H3. The van der Waals surface area contributed by atoms with Gasteiger partial charge in [0, 0.05) is 12.5 Å². The van der Waals surface area contributed by atoms with Crippen LogP contribution in [0.15, 0.2) is 6.20 Å². The molecule has 1 aromatic heterocycles. The minimum absolute atomic E-state index is 0.215. The van der Waals surface area contributed by atoms with E-state index in [0.717, 1.165) is 12.1 Å². The Morgan fingerprint density at radius 3 is 2.87 bits per heavy atom. The molecule has 2 unspecified atom stereocenters. The average molecular weight is 208 g/mol. The highest BCUT2D eigenvalue weighted by Crippen LogP contribution is 2.18. The molecule has 0 saturated carbocycles. The molecule has 0 spiro atoms. The lowest BCUT2D eigenvalue weighted by atomic mass is 10.1. The summed E-state index contributed by atoms with van der Waals surface area (Å²) in [6.45, 7) is 2.68. The maximum atomic E-state index is 5.41. The van der Waals surface area contributed by atoms with Gasteiger partial charge in [-0.05, 0) is 19.9 Å². The smallest absolute Gasteiger partial charge is 0.152 e. The summed E-state index contributed by atoms with van der Waals surface area (Å²) in [6.07, 6.45) is 3.46. The van der Waals surface area contributed by atoms with Gasteiger partial charge in [-0.1, -0.05) is 0 Å². The normalized spacial score (nSPS) is 25.7. The summed E-state index contributed by atoms with van der Waals surface area (Å²) < 4.78 is 0. The molecule has 2 atom stereocenters. The topological polar surface area (TPSA) is 88.8 Å². The Kier molecular flexibility index (Phi) is 3.20. The molecule has 0 aromatic carbocycles. The van der Waals surface area contributed by atoms with Crippen molar-refractivity contribution in [2.75, 3.05) is 6.54 Å². The summed E-state index contributed by atoms with van der Waals surface area (Å²) in [5.41, 5.74) is 12.6. The van der Waals surface area contributed by atoms with E-state index in [0.29, 0.717) is 24.8 Å². The lowest BCUT2D eigenvalue weighted by Gasteiger charge is -2.07. The number of aromatic nitrogens is 3. The third kappa shape index (κ3) is 2.47. The Bertz CT molecular complexity index is 311. The van der Waals surface area contributed by atoms with Crippen molar-refractivity contribution in [3.63, 3.8) is 0 Å². The SMILES string of the molecule is CC1CC(c2cnc(CCN)nn2)NN1. The maximum Gasteiger partial charge on any atom is 0.152 e. The van der Waals surface area contributed by atoms with E-state index >= 15 is 0 Å². The van der Waals surface area contributed by atoms with Gasteiger partial charge < -0.3 is 5.73 Å². The summed E-state index contributed by atoms with van der Waals surface area (Å²) in [4.78, 5) is 4.22. The van der Waals surface area contributed by atoms with Gasteiger partial charge >= 0.3 is 0 Å². The summed E-state index contributed by atoms with van der Waals surface area (Å²) in [5, 5.41) is 8.17. The van der Waals surface area contributed by atoms with Crippen LogP contribution in [0.5, 0.6) is 0 Å². The molecule has 1 fully saturated rings. The molecule has 0 bridgehead atoms. The van der Waals surface area contributed by atoms with Crippen molar-refractivity contribution in [3.8, 4) is 0 Å². The second-order valence-electron chi connectivity index (χ2n) is 3.82. The first-order valence-electron chi connectivity index (χ1n) is 5.19. The lowest BCUT2D eigenvalue weighted by molar-refractivity contribution is 0.545. The van der Waals surface area contributed by atoms with Crippen LogP contribution in [0, 0.1) is 0 Å². The first-order chi connectivity index (χ1) is 7.29. The Labute approximate surface area is 88.7 Å². The average Bonchev–Trinajstić information content (AvgIpc) is 2.67. The highest BCUT2D eigenvalue weighted by molar-refractivity contribution is 5.04. The molecule has 0 aliphatic carbocycles. The first-order valence-corrected chi connectivity index (χ1v) is 5.19.